The fourth-order valence-electron chi connectivity index (χ4n) is 4.20. The summed E-state index contributed by atoms with van der Waals surface area (Å²) < 4.78 is 1.27. The summed E-state index contributed by atoms with van der Waals surface area (Å²) in [6.45, 7) is 4.51. The van der Waals surface area contributed by atoms with Crippen LogP contribution in [0.5, 0.6) is 0 Å². The van der Waals surface area contributed by atoms with E-state index in [4.69, 9.17) is 0 Å². The molecule has 140 valence electrons. The second-order valence-electron chi connectivity index (χ2n) is 7.51. The van der Waals surface area contributed by atoms with E-state index in [0.29, 0.717) is 6.04 Å². The molecule has 0 unspecified atom stereocenters. The molecule has 0 bridgehead atoms. The summed E-state index contributed by atoms with van der Waals surface area (Å²) >= 11 is 1.71. The summed E-state index contributed by atoms with van der Waals surface area (Å²) in [5.41, 5.74) is 9.92. The highest BCUT2D eigenvalue weighted by atomic mass is 32.1. The lowest BCUT2D eigenvalue weighted by Crippen LogP contribution is -2.29. The summed E-state index contributed by atoms with van der Waals surface area (Å²) in [5, 5.41) is 0. The summed E-state index contributed by atoms with van der Waals surface area (Å²) in [4.78, 5) is 11.2. The Labute approximate surface area is 169 Å². The maximum Gasteiger partial charge on any atom is 0.0815 e. The van der Waals surface area contributed by atoms with Crippen LogP contribution in [-0.2, 0) is 12.8 Å². The highest BCUT2D eigenvalue weighted by Crippen LogP contribution is 2.29. The average molecular weight is 386 g/mol. The smallest absolute Gasteiger partial charge is 0.0815 e. The van der Waals surface area contributed by atoms with Crippen LogP contribution in [0.3, 0.4) is 0 Å². The third kappa shape index (κ3) is 3.34. The Balaban J connectivity index is 1.37. The summed E-state index contributed by atoms with van der Waals surface area (Å²) in [5.74, 6) is 0. The molecule has 1 atom stereocenters. The molecular formula is C24H23N3S. The maximum absolute atomic E-state index is 4.49. The van der Waals surface area contributed by atoms with Crippen molar-refractivity contribution in [2.75, 3.05) is 13.1 Å². The van der Waals surface area contributed by atoms with Crippen molar-refractivity contribution in [1.82, 2.24) is 14.9 Å². The Kier molecular flexibility index (Phi) is 4.67. The number of rotatable bonds is 3. The van der Waals surface area contributed by atoms with Gasteiger partial charge in [-0.1, -0.05) is 24.3 Å². The average Bonchev–Trinajstić information content (AvgIpc) is 3.12. The van der Waals surface area contributed by atoms with Crippen LogP contribution in [0.1, 0.15) is 29.7 Å². The first-order valence-electron chi connectivity index (χ1n) is 9.87. The Morgan fingerprint density at radius 3 is 2.57 bits per heavy atom. The van der Waals surface area contributed by atoms with E-state index in [9.17, 15) is 0 Å². The first-order chi connectivity index (χ1) is 13.8. The first-order valence-corrected chi connectivity index (χ1v) is 10.8. The summed E-state index contributed by atoms with van der Waals surface area (Å²) in [6.07, 6.45) is 5.93. The highest BCUT2D eigenvalue weighted by molar-refractivity contribution is 7.16. The normalized spacial score (nSPS) is 15.9. The molecule has 2 aromatic carbocycles. The molecule has 4 heteroatoms. The molecule has 1 aliphatic heterocycles. The van der Waals surface area contributed by atoms with E-state index in [1.54, 1.807) is 11.3 Å². The summed E-state index contributed by atoms with van der Waals surface area (Å²) in [7, 11) is 0. The molecule has 0 saturated carbocycles. The number of aromatic nitrogens is 2. The van der Waals surface area contributed by atoms with Crippen LogP contribution in [0.15, 0.2) is 66.4 Å². The Bertz CT molecular complexity index is 1100. The molecule has 0 spiro atoms. The van der Waals surface area contributed by atoms with Crippen LogP contribution >= 0.6 is 11.3 Å². The predicted molar refractivity (Wildman–Crippen MR) is 117 cm³/mol. The second kappa shape index (κ2) is 7.46. The minimum absolute atomic E-state index is 0.403. The number of nitrogens with zero attached hydrogens (tertiary/aromatic N) is 3. The SMILES string of the molecule is C[C@H](c1ccc2scnc2c1)N1CCc2ccc(-c3ccncc3)cc2CC1. The molecule has 0 saturated heterocycles. The molecule has 1 aliphatic rings. The van der Waals surface area contributed by atoms with E-state index in [2.05, 4.69) is 70.3 Å². The molecule has 0 aliphatic carbocycles. The van der Waals surface area contributed by atoms with Gasteiger partial charge in [-0.3, -0.25) is 9.88 Å². The maximum atomic E-state index is 4.49. The van der Waals surface area contributed by atoms with Crippen LogP contribution in [0.25, 0.3) is 21.3 Å². The molecule has 0 amide bonds. The molecular weight excluding hydrogens is 362 g/mol. The second-order valence-corrected chi connectivity index (χ2v) is 8.40. The van der Waals surface area contributed by atoms with E-state index in [1.807, 2.05) is 17.9 Å². The van der Waals surface area contributed by atoms with E-state index in [1.165, 1.54) is 32.5 Å². The Hall–Kier alpha value is -2.56. The molecule has 3 nitrogen and oxygen atoms in total. The van der Waals surface area contributed by atoms with Crippen LogP contribution in [0.2, 0.25) is 0 Å². The lowest BCUT2D eigenvalue weighted by Gasteiger charge is -2.28. The molecule has 0 fully saturated rings. The third-order valence-corrected chi connectivity index (χ3v) is 6.75. The minimum Gasteiger partial charge on any atom is -0.296 e. The van der Waals surface area contributed by atoms with Crippen molar-refractivity contribution in [3.63, 3.8) is 0 Å². The van der Waals surface area contributed by atoms with Crippen molar-refractivity contribution in [2.45, 2.75) is 25.8 Å². The standard InChI is InChI=1S/C24H23N3S/c1-17(20-4-5-24-23(15-20)26-16-28-24)27-12-8-18-2-3-21(14-22(18)9-13-27)19-6-10-25-11-7-19/h2-7,10-11,14-17H,8-9,12-13H2,1H3/t17-/m1/s1. The first kappa shape index (κ1) is 17.5. The van der Waals surface area contributed by atoms with Gasteiger partial charge in [0.15, 0.2) is 0 Å². The highest BCUT2D eigenvalue weighted by Gasteiger charge is 2.20. The van der Waals surface area contributed by atoms with Gasteiger partial charge >= 0.3 is 0 Å². The third-order valence-electron chi connectivity index (χ3n) is 5.94. The fourth-order valence-corrected chi connectivity index (χ4v) is 4.86. The van der Waals surface area contributed by atoms with Crippen LogP contribution < -0.4 is 0 Å². The van der Waals surface area contributed by atoms with E-state index < -0.39 is 0 Å². The van der Waals surface area contributed by atoms with Crippen molar-refractivity contribution in [3.05, 3.63) is 83.1 Å². The van der Waals surface area contributed by atoms with Gasteiger partial charge in [0.2, 0.25) is 0 Å². The lowest BCUT2D eigenvalue weighted by molar-refractivity contribution is 0.221. The van der Waals surface area contributed by atoms with Crippen molar-refractivity contribution in [2.24, 2.45) is 0 Å². The van der Waals surface area contributed by atoms with Crippen molar-refractivity contribution < 1.29 is 0 Å². The number of hydrogen-bond donors (Lipinski definition) is 0. The largest absolute Gasteiger partial charge is 0.296 e. The molecule has 5 rings (SSSR count). The molecule has 2 aromatic heterocycles. The van der Waals surface area contributed by atoms with Gasteiger partial charge in [0, 0.05) is 31.5 Å². The fraction of sp³-hybridized carbons (Fsp3) is 0.250. The number of hydrogen-bond acceptors (Lipinski definition) is 4. The molecule has 4 aromatic rings. The zero-order valence-corrected chi connectivity index (χ0v) is 16.8. The van der Waals surface area contributed by atoms with Gasteiger partial charge in [0.1, 0.15) is 0 Å². The number of pyridine rings is 1. The Morgan fingerprint density at radius 2 is 1.71 bits per heavy atom. The number of thiazole rings is 1. The molecule has 28 heavy (non-hydrogen) atoms. The number of fused-ring (bicyclic) bond motifs is 2. The predicted octanol–water partition coefficient (Wildman–Crippen LogP) is 5.52. The molecule has 0 radical (unpaired) electrons. The van der Waals surface area contributed by atoms with Gasteiger partial charge in [-0.25, -0.2) is 4.98 Å². The van der Waals surface area contributed by atoms with Gasteiger partial charge in [0.25, 0.3) is 0 Å². The minimum atomic E-state index is 0.403. The van der Waals surface area contributed by atoms with Crippen LogP contribution in [0.4, 0.5) is 0 Å². The number of benzene rings is 2. The summed E-state index contributed by atoms with van der Waals surface area (Å²) in [6, 6.07) is 18.3. The topological polar surface area (TPSA) is 29.0 Å². The zero-order valence-electron chi connectivity index (χ0n) is 16.0. The molecule has 0 N–H and O–H groups in total. The quantitative estimate of drug-likeness (QED) is 0.465. The van der Waals surface area contributed by atoms with Gasteiger partial charge in [0.05, 0.1) is 15.7 Å². The molecule has 3 heterocycles. The zero-order chi connectivity index (χ0) is 18.9. The van der Waals surface area contributed by atoms with E-state index in [-0.39, 0.29) is 0 Å². The van der Waals surface area contributed by atoms with Gasteiger partial charge in [-0.05, 0) is 71.8 Å². The lowest BCUT2D eigenvalue weighted by atomic mass is 9.97. The van der Waals surface area contributed by atoms with Gasteiger partial charge in [-0.15, -0.1) is 11.3 Å². The van der Waals surface area contributed by atoms with Crippen LogP contribution in [-0.4, -0.2) is 28.0 Å². The van der Waals surface area contributed by atoms with Crippen LogP contribution in [0, 0.1) is 0 Å². The van der Waals surface area contributed by atoms with Gasteiger partial charge < -0.3 is 0 Å². The van der Waals surface area contributed by atoms with Crippen molar-refractivity contribution in [3.8, 4) is 11.1 Å². The van der Waals surface area contributed by atoms with Crippen molar-refractivity contribution >= 4 is 21.6 Å². The monoisotopic (exact) mass is 385 g/mol. The Morgan fingerprint density at radius 1 is 0.893 bits per heavy atom. The van der Waals surface area contributed by atoms with E-state index in [0.717, 1.165) is 31.4 Å². The van der Waals surface area contributed by atoms with E-state index >= 15 is 0 Å². The van der Waals surface area contributed by atoms with Gasteiger partial charge in [-0.2, -0.15) is 0 Å². The van der Waals surface area contributed by atoms with Crippen molar-refractivity contribution in [1.29, 1.82) is 0 Å².